The molecule has 1 saturated heterocycles. The van der Waals surface area contributed by atoms with Crippen molar-refractivity contribution in [3.8, 4) is 0 Å². The highest BCUT2D eigenvalue weighted by molar-refractivity contribution is 6.00. The van der Waals surface area contributed by atoms with Gasteiger partial charge in [-0.3, -0.25) is 19.5 Å². The van der Waals surface area contributed by atoms with Crippen LogP contribution in [-0.4, -0.2) is 46.9 Å². The van der Waals surface area contributed by atoms with Crippen molar-refractivity contribution in [3.63, 3.8) is 0 Å². The van der Waals surface area contributed by atoms with Crippen LogP contribution in [0.4, 0.5) is 0 Å². The number of nitrogens with zero attached hydrogens (tertiary/aromatic N) is 2. The molecule has 2 atom stereocenters. The van der Waals surface area contributed by atoms with Crippen molar-refractivity contribution >= 4 is 22.6 Å². The highest BCUT2D eigenvalue weighted by Gasteiger charge is 2.28. The molecule has 6 nitrogen and oxygen atoms in total. The number of aromatic nitrogens is 1. The predicted octanol–water partition coefficient (Wildman–Crippen LogP) is 3.77. The Morgan fingerprint density at radius 2 is 1.91 bits per heavy atom. The average Bonchev–Trinajstić information content (AvgIpc) is 3.25. The number of nitrogens with one attached hydrogen (secondary N) is 2. The maximum Gasteiger partial charge on any atom is 0.251 e. The number of fused-ring (bicyclic) bond motifs is 1. The number of hydrogen-bond acceptors (Lipinski definition) is 4. The van der Waals surface area contributed by atoms with E-state index >= 15 is 0 Å². The second-order valence-electron chi connectivity index (χ2n) is 9.31. The number of carbonyl (C=O) groups excluding carboxylic acids is 2. The molecule has 0 radical (unpaired) electrons. The summed E-state index contributed by atoms with van der Waals surface area (Å²) in [5.41, 5.74) is 1.74. The van der Waals surface area contributed by atoms with E-state index in [-0.39, 0.29) is 23.8 Å². The van der Waals surface area contributed by atoms with Crippen molar-refractivity contribution in [2.45, 2.75) is 45.3 Å². The minimum Gasteiger partial charge on any atom is -0.350 e. The number of likely N-dealkylation sites (tertiary alicyclic amines) is 1. The van der Waals surface area contributed by atoms with Crippen LogP contribution >= 0.6 is 0 Å². The molecule has 0 unspecified atom stereocenters. The first kappa shape index (κ1) is 22.9. The molecule has 1 aromatic heterocycles. The summed E-state index contributed by atoms with van der Waals surface area (Å²) in [6, 6.07) is 17.1. The summed E-state index contributed by atoms with van der Waals surface area (Å²) in [4.78, 5) is 32.6. The number of hydrogen-bond donors (Lipinski definition) is 2. The Morgan fingerprint density at radius 1 is 1.09 bits per heavy atom. The molecule has 3 aromatic rings. The fourth-order valence-corrected chi connectivity index (χ4v) is 4.42. The van der Waals surface area contributed by atoms with Crippen LogP contribution in [0.25, 0.3) is 10.8 Å². The quantitative estimate of drug-likeness (QED) is 0.555. The van der Waals surface area contributed by atoms with Gasteiger partial charge in [-0.05, 0) is 53.3 Å². The van der Waals surface area contributed by atoms with Crippen LogP contribution in [0, 0.1) is 5.92 Å². The normalized spacial score (nSPS) is 17.2. The van der Waals surface area contributed by atoms with Crippen LogP contribution in [0.2, 0.25) is 0 Å². The molecule has 1 aliphatic heterocycles. The van der Waals surface area contributed by atoms with E-state index in [1.807, 2.05) is 54.7 Å². The van der Waals surface area contributed by atoms with Crippen LogP contribution in [-0.2, 0) is 11.3 Å². The molecule has 2 heterocycles. The van der Waals surface area contributed by atoms with Gasteiger partial charge in [-0.15, -0.1) is 0 Å². The van der Waals surface area contributed by atoms with Gasteiger partial charge >= 0.3 is 0 Å². The molecule has 1 fully saturated rings. The highest BCUT2D eigenvalue weighted by atomic mass is 16.2. The van der Waals surface area contributed by atoms with Crippen LogP contribution < -0.4 is 10.6 Å². The Bertz CT molecular complexity index is 1100. The van der Waals surface area contributed by atoms with E-state index in [9.17, 15) is 9.59 Å². The first-order valence-electron chi connectivity index (χ1n) is 11.7. The summed E-state index contributed by atoms with van der Waals surface area (Å²) in [5, 5.41) is 8.25. The van der Waals surface area contributed by atoms with Crippen molar-refractivity contribution in [3.05, 3.63) is 78.1 Å². The van der Waals surface area contributed by atoms with Crippen LogP contribution in [0.15, 0.2) is 67.0 Å². The van der Waals surface area contributed by atoms with Crippen molar-refractivity contribution < 1.29 is 9.59 Å². The second kappa shape index (κ2) is 10.6. The first-order valence-corrected chi connectivity index (χ1v) is 11.7. The molecule has 2 aromatic carbocycles. The fourth-order valence-electron chi connectivity index (χ4n) is 4.42. The zero-order valence-corrected chi connectivity index (χ0v) is 19.3. The molecule has 0 aliphatic carbocycles. The maximum absolute atomic E-state index is 13.1. The summed E-state index contributed by atoms with van der Waals surface area (Å²) < 4.78 is 0. The molecule has 4 rings (SSSR count). The summed E-state index contributed by atoms with van der Waals surface area (Å²) in [7, 11) is 0. The lowest BCUT2D eigenvalue weighted by Crippen LogP contribution is -2.50. The van der Waals surface area contributed by atoms with Gasteiger partial charge in [0, 0.05) is 43.6 Å². The second-order valence-corrected chi connectivity index (χ2v) is 9.31. The SMILES string of the molecule is CC(C)C[C@H](NC(=O)c1ccc2ccccc2c1)C(=O)N[C@H]1CCN(Cc2cccnc2)C1. The highest BCUT2D eigenvalue weighted by Crippen LogP contribution is 2.17. The molecular formula is C27H32N4O2. The van der Waals surface area contributed by atoms with Crippen LogP contribution in [0.5, 0.6) is 0 Å². The third-order valence-corrected chi connectivity index (χ3v) is 6.09. The van der Waals surface area contributed by atoms with Crippen molar-refractivity contribution in [2.24, 2.45) is 5.92 Å². The van der Waals surface area contributed by atoms with E-state index in [0.29, 0.717) is 12.0 Å². The van der Waals surface area contributed by atoms with Gasteiger partial charge in [-0.2, -0.15) is 0 Å². The van der Waals surface area contributed by atoms with Crippen molar-refractivity contribution in [2.75, 3.05) is 13.1 Å². The summed E-state index contributed by atoms with van der Waals surface area (Å²) in [5.74, 6) is -0.0412. The third-order valence-electron chi connectivity index (χ3n) is 6.09. The molecule has 2 amide bonds. The lowest BCUT2D eigenvalue weighted by molar-refractivity contribution is -0.124. The first-order chi connectivity index (χ1) is 16.0. The van der Waals surface area contributed by atoms with Gasteiger partial charge in [0.25, 0.3) is 5.91 Å². The largest absolute Gasteiger partial charge is 0.350 e. The molecule has 33 heavy (non-hydrogen) atoms. The van der Waals surface area contributed by atoms with Gasteiger partial charge in [0.05, 0.1) is 0 Å². The zero-order valence-electron chi connectivity index (χ0n) is 19.3. The predicted molar refractivity (Wildman–Crippen MR) is 131 cm³/mol. The van der Waals surface area contributed by atoms with E-state index < -0.39 is 6.04 Å². The number of benzene rings is 2. The minimum atomic E-state index is -0.559. The van der Waals surface area contributed by atoms with Gasteiger partial charge in [0.1, 0.15) is 6.04 Å². The molecule has 0 spiro atoms. The lowest BCUT2D eigenvalue weighted by Gasteiger charge is -2.23. The number of amides is 2. The minimum absolute atomic E-state index is 0.0846. The van der Waals surface area contributed by atoms with Crippen LogP contribution in [0.3, 0.4) is 0 Å². The van der Waals surface area contributed by atoms with Gasteiger partial charge in [-0.25, -0.2) is 0 Å². The van der Waals surface area contributed by atoms with E-state index in [2.05, 4.69) is 40.4 Å². The van der Waals surface area contributed by atoms with Gasteiger partial charge in [0.2, 0.25) is 5.91 Å². The topological polar surface area (TPSA) is 74.3 Å². The van der Waals surface area contributed by atoms with Gasteiger partial charge in [-0.1, -0.05) is 50.2 Å². The third kappa shape index (κ3) is 6.17. The molecule has 0 saturated carbocycles. The van der Waals surface area contributed by atoms with E-state index in [0.717, 1.165) is 36.8 Å². The standard InChI is InChI=1S/C27H32N4O2/c1-19(2)14-25(30-26(32)23-10-9-21-7-3-4-8-22(21)15-23)27(33)29-24-11-13-31(18-24)17-20-6-5-12-28-16-20/h3-10,12,15-16,19,24-25H,11,13-14,17-18H2,1-2H3,(H,29,33)(H,30,32)/t24-,25-/m0/s1. The van der Waals surface area contributed by atoms with E-state index in [1.54, 1.807) is 6.20 Å². The number of carbonyl (C=O) groups is 2. The lowest BCUT2D eigenvalue weighted by atomic mass is 10.0. The van der Waals surface area contributed by atoms with E-state index in [4.69, 9.17) is 0 Å². The smallest absolute Gasteiger partial charge is 0.251 e. The maximum atomic E-state index is 13.1. The van der Waals surface area contributed by atoms with Crippen LogP contribution in [0.1, 0.15) is 42.6 Å². The fraction of sp³-hybridized carbons (Fsp3) is 0.370. The Morgan fingerprint density at radius 3 is 2.67 bits per heavy atom. The zero-order chi connectivity index (χ0) is 23.2. The van der Waals surface area contributed by atoms with Crippen molar-refractivity contribution in [1.29, 1.82) is 0 Å². The summed E-state index contributed by atoms with van der Waals surface area (Å²) in [6.45, 7) is 6.68. The summed E-state index contributed by atoms with van der Waals surface area (Å²) in [6.07, 6.45) is 5.15. The van der Waals surface area contributed by atoms with E-state index in [1.165, 1.54) is 5.56 Å². The number of pyridine rings is 1. The molecule has 0 bridgehead atoms. The molecule has 1 aliphatic rings. The Hall–Kier alpha value is -3.25. The van der Waals surface area contributed by atoms with Gasteiger partial charge in [0.15, 0.2) is 0 Å². The number of rotatable bonds is 8. The monoisotopic (exact) mass is 444 g/mol. The van der Waals surface area contributed by atoms with Crippen molar-refractivity contribution in [1.82, 2.24) is 20.5 Å². The summed E-state index contributed by atoms with van der Waals surface area (Å²) >= 11 is 0. The van der Waals surface area contributed by atoms with Gasteiger partial charge < -0.3 is 10.6 Å². The Balaban J connectivity index is 1.37. The molecule has 6 heteroatoms. The molecular weight excluding hydrogens is 412 g/mol. The Labute approximate surface area is 195 Å². The Kier molecular flexibility index (Phi) is 7.35. The molecule has 2 N–H and O–H groups in total. The molecule has 172 valence electrons. The average molecular weight is 445 g/mol.